The molecule has 142 valence electrons. The predicted octanol–water partition coefficient (Wildman–Crippen LogP) is 4.62. The second-order valence-corrected chi connectivity index (χ2v) is 7.50. The van der Waals surface area contributed by atoms with Crippen LogP contribution in [-0.4, -0.2) is 17.6 Å². The number of benzene rings is 3. The Hall–Kier alpha value is -2.76. The van der Waals surface area contributed by atoms with Gasteiger partial charge in [0.2, 0.25) is 5.91 Å². The van der Waals surface area contributed by atoms with Crippen molar-refractivity contribution in [3.05, 3.63) is 107 Å². The van der Waals surface area contributed by atoms with E-state index in [9.17, 15) is 9.59 Å². The highest BCUT2D eigenvalue weighted by Crippen LogP contribution is 2.35. The Bertz CT molecular complexity index is 896. The molecule has 0 heterocycles. The quantitative estimate of drug-likeness (QED) is 0.583. The lowest BCUT2D eigenvalue weighted by Crippen LogP contribution is -2.42. The summed E-state index contributed by atoms with van der Waals surface area (Å²) in [5.41, 5.74) is 7.40. The Kier molecular flexibility index (Phi) is 7.12. The maximum Gasteiger partial charge on any atom is 0.271 e. The van der Waals surface area contributed by atoms with Gasteiger partial charge in [0.1, 0.15) is 0 Å². The molecule has 0 radical (unpaired) electrons. The lowest BCUT2D eigenvalue weighted by atomic mass is 10.0. The van der Waals surface area contributed by atoms with Crippen LogP contribution in [0, 0.1) is 0 Å². The number of carbonyl (C=O) groups is 2. The van der Waals surface area contributed by atoms with Gasteiger partial charge in [-0.1, -0.05) is 84.4 Å². The van der Waals surface area contributed by atoms with Crippen molar-refractivity contribution in [2.45, 2.75) is 5.25 Å². The van der Waals surface area contributed by atoms with E-state index in [2.05, 4.69) is 10.9 Å². The van der Waals surface area contributed by atoms with Gasteiger partial charge in [0.25, 0.3) is 5.91 Å². The Balaban J connectivity index is 1.60. The summed E-state index contributed by atoms with van der Waals surface area (Å²) >= 11 is 7.49. The highest BCUT2D eigenvalue weighted by Gasteiger charge is 2.17. The molecule has 2 amide bonds. The third kappa shape index (κ3) is 5.38. The summed E-state index contributed by atoms with van der Waals surface area (Å²) in [6, 6.07) is 26.7. The lowest BCUT2D eigenvalue weighted by molar-refractivity contribution is -0.119. The first-order chi connectivity index (χ1) is 13.6. The lowest BCUT2D eigenvalue weighted by Gasteiger charge is -2.17. The van der Waals surface area contributed by atoms with Crippen molar-refractivity contribution >= 4 is 35.2 Å². The van der Waals surface area contributed by atoms with E-state index in [4.69, 9.17) is 11.6 Å². The van der Waals surface area contributed by atoms with Crippen LogP contribution >= 0.6 is 23.4 Å². The second kappa shape index (κ2) is 9.97. The molecule has 0 fully saturated rings. The van der Waals surface area contributed by atoms with Crippen molar-refractivity contribution in [1.82, 2.24) is 10.9 Å². The summed E-state index contributed by atoms with van der Waals surface area (Å²) in [5.74, 6) is -0.550. The largest absolute Gasteiger partial charge is 0.272 e. The van der Waals surface area contributed by atoms with E-state index >= 15 is 0 Å². The molecule has 3 rings (SSSR count). The van der Waals surface area contributed by atoms with E-state index < -0.39 is 5.91 Å². The third-order valence-electron chi connectivity index (χ3n) is 4.02. The molecule has 0 atom stereocenters. The maximum atomic E-state index is 12.3. The van der Waals surface area contributed by atoms with Crippen LogP contribution in [-0.2, 0) is 4.79 Å². The number of halogens is 1. The van der Waals surface area contributed by atoms with Crippen LogP contribution in [0.25, 0.3) is 0 Å². The average molecular weight is 411 g/mol. The molecule has 0 saturated carbocycles. The summed E-state index contributed by atoms with van der Waals surface area (Å²) in [6.07, 6.45) is 0. The van der Waals surface area contributed by atoms with Gasteiger partial charge in [0, 0.05) is 0 Å². The molecule has 3 aromatic rings. The molecule has 28 heavy (non-hydrogen) atoms. The summed E-state index contributed by atoms with van der Waals surface area (Å²) in [4.78, 5) is 24.4. The normalized spacial score (nSPS) is 10.5. The Morgan fingerprint density at radius 1 is 0.786 bits per heavy atom. The van der Waals surface area contributed by atoms with Crippen molar-refractivity contribution in [3.63, 3.8) is 0 Å². The van der Waals surface area contributed by atoms with Gasteiger partial charge in [-0.05, 0) is 23.3 Å². The number of rotatable bonds is 6. The summed E-state index contributed by atoms with van der Waals surface area (Å²) in [5, 5.41) is 0.351. The van der Waals surface area contributed by atoms with Gasteiger partial charge in [0.15, 0.2) is 0 Å². The Morgan fingerprint density at radius 2 is 1.32 bits per heavy atom. The summed E-state index contributed by atoms with van der Waals surface area (Å²) in [6.45, 7) is 0. The fourth-order valence-electron chi connectivity index (χ4n) is 2.67. The fraction of sp³-hybridized carbons (Fsp3) is 0.0909. The van der Waals surface area contributed by atoms with Crippen LogP contribution in [0.2, 0.25) is 5.02 Å². The highest BCUT2D eigenvalue weighted by atomic mass is 35.5. The molecule has 3 aromatic carbocycles. The Labute approximate surface area is 173 Å². The standard InChI is InChI=1S/C22H19ClN2O2S/c23-19-14-8-7-13-18(19)22(27)25-24-20(26)15-28-21(16-9-3-1-4-10-16)17-11-5-2-6-12-17/h1-14,21H,15H2,(H,24,26)(H,25,27). The number of hydrogen-bond donors (Lipinski definition) is 2. The SMILES string of the molecule is O=C(CSC(c1ccccc1)c1ccccc1)NNC(=O)c1ccccc1Cl. The predicted molar refractivity (Wildman–Crippen MR) is 114 cm³/mol. The topological polar surface area (TPSA) is 58.2 Å². The molecule has 0 aliphatic carbocycles. The molecule has 4 nitrogen and oxygen atoms in total. The third-order valence-corrected chi connectivity index (χ3v) is 5.66. The average Bonchev–Trinajstić information content (AvgIpc) is 2.74. The molecule has 0 spiro atoms. The van der Waals surface area contributed by atoms with Gasteiger partial charge in [-0.25, -0.2) is 0 Å². The highest BCUT2D eigenvalue weighted by molar-refractivity contribution is 8.00. The number of carbonyl (C=O) groups excluding carboxylic acids is 2. The molecule has 0 unspecified atom stereocenters. The molecule has 0 bridgehead atoms. The van der Waals surface area contributed by atoms with Gasteiger partial charge in [-0.3, -0.25) is 20.4 Å². The van der Waals surface area contributed by atoms with E-state index in [-0.39, 0.29) is 16.9 Å². The van der Waals surface area contributed by atoms with E-state index in [1.165, 1.54) is 11.8 Å². The molecule has 0 aliphatic rings. The monoisotopic (exact) mass is 410 g/mol. The van der Waals surface area contributed by atoms with E-state index in [1.807, 2.05) is 60.7 Å². The molecule has 6 heteroatoms. The number of thioether (sulfide) groups is 1. The second-order valence-electron chi connectivity index (χ2n) is 5.99. The van der Waals surface area contributed by atoms with Gasteiger partial charge in [0.05, 0.1) is 21.6 Å². The Morgan fingerprint density at radius 3 is 1.89 bits per heavy atom. The van der Waals surface area contributed by atoms with Crippen molar-refractivity contribution < 1.29 is 9.59 Å². The molecular formula is C22H19ClN2O2S. The zero-order valence-electron chi connectivity index (χ0n) is 15.0. The van der Waals surface area contributed by atoms with Crippen molar-refractivity contribution in [2.75, 3.05) is 5.75 Å². The smallest absolute Gasteiger partial charge is 0.271 e. The zero-order chi connectivity index (χ0) is 19.8. The van der Waals surface area contributed by atoms with Crippen LogP contribution in [0.15, 0.2) is 84.9 Å². The van der Waals surface area contributed by atoms with Crippen molar-refractivity contribution in [3.8, 4) is 0 Å². The minimum atomic E-state index is -0.452. The first kappa shape index (κ1) is 20.0. The van der Waals surface area contributed by atoms with E-state index in [1.54, 1.807) is 24.3 Å². The maximum absolute atomic E-state index is 12.3. The molecule has 0 aliphatic heterocycles. The molecular weight excluding hydrogens is 392 g/mol. The molecule has 0 aromatic heterocycles. The number of hydrazine groups is 1. The van der Waals surface area contributed by atoms with Crippen molar-refractivity contribution in [2.24, 2.45) is 0 Å². The molecule has 0 saturated heterocycles. The molecule has 2 N–H and O–H groups in total. The number of hydrogen-bond acceptors (Lipinski definition) is 3. The number of nitrogens with one attached hydrogen (secondary N) is 2. The van der Waals surface area contributed by atoms with Gasteiger partial charge in [-0.15, -0.1) is 11.8 Å². The summed E-state index contributed by atoms with van der Waals surface area (Å²) < 4.78 is 0. The van der Waals surface area contributed by atoms with Crippen LogP contribution in [0.1, 0.15) is 26.7 Å². The van der Waals surface area contributed by atoms with E-state index in [0.717, 1.165) is 11.1 Å². The van der Waals surface area contributed by atoms with Crippen LogP contribution in [0.5, 0.6) is 0 Å². The van der Waals surface area contributed by atoms with Crippen molar-refractivity contribution in [1.29, 1.82) is 0 Å². The fourth-order valence-corrected chi connectivity index (χ4v) is 3.99. The van der Waals surface area contributed by atoms with Crippen LogP contribution < -0.4 is 10.9 Å². The number of amides is 2. The first-order valence-corrected chi connectivity index (χ1v) is 10.1. The minimum Gasteiger partial charge on any atom is -0.272 e. The van der Waals surface area contributed by atoms with Gasteiger partial charge in [-0.2, -0.15) is 0 Å². The van der Waals surface area contributed by atoms with E-state index in [0.29, 0.717) is 10.6 Å². The van der Waals surface area contributed by atoms with Gasteiger partial charge >= 0.3 is 0 Å². The zero-order valence-corrected chi connectivity index (χ0v) is 16.5. The van der Waals surface area contributed by atoms with Crippen LogP contribution in [0.3, 0.4) is 0 Å². The minimum absolute atomic E-state index is 0.0208. The summed E-state index contributed by atoms with van der Waals surface area (Å²) in [7, 11) is 0. The van der Waals surface area contributed by atoms with Crippen LogP contribution in [0.4, 0.5) is 0 Å². The first-order valence-electron chi connectivity index (χ1n) is 8.70. The van der Waals surface area contributed by atoms with Gasteiger partial charge < -0.3 is 0 Å².